The third kappa shape index (κ3) is 2.57. The molecule has 1 aromatic carbocycles. The zero-order valence-electron chi connectivity index (χ0n) is 9.45. The zero-order valence-corrected chi connectivity index (χ0v) is 11.6. The monoisotopic (exact) mass is 332 g/mol. The van der Waals surface area contributed by atoms with Gasteiger partial charge in [-0.2, -0.15) is 0 Å². The summed E-state index contributed by atoms with van der Waals surface area (Å²) in [6.45, 7) is 3.65. The minimum absolute atomic E-state index is 0.337. The Morgan fingerprint density at radius 3 is 2.75 bits per heavy atom. The summed E-state index contributed by atoms with van der Waals surface area (Å²) in [5.74, 6) is 0.351. The first kappa shape index (κ1) is 12.3. The molecule has 0 aliphatic carbocycles. The van der Waals surface area contributed by atoms with E-state index in [1.807, 2.05) is 12.1 Å². The Kier molecular flexibility index (Phi) is 4.21. The molecule has 0 bridgehead atoms. The molecule has 2 rings (SSSR count). The summed E-state index contributed by atoms with van der Waals surface area (Å²) >= 11 is 2.32. The second-order valence-electron chi connectivity index (χ2n) is 4.37. The highest BCUT2D eigenvalue weighted by molar-refractivity contribution is 14.1. The van der Waals surface area contributed by atoms with Crippen molar-refractivity contribution < 1.29 is 9.84 Å². The molecule has 1 atom stereocenters. The van der Waals surface area contributed by atoms with Gasteiger partial charge in [-0.25, -0.2) is 0 Å². The fourth-order valence-electron chi connectivity index (χ4n) is 2.18. The predicted molar refractivity (Wildman–Crippen MR) is 72.4 cm³/mol. The van der Waals surface area contributed by atoms with E-state index < -0.39 is 0 Å². The summed E-state index contributed by atoms with van der Waals surface area (Å²) in [6.07, 6.45) is 1.59. The van der Waals surface area contributed by atoms with E-state index in [4.69, 9.17) is 4.74 Å². The van der Waals surface area contributed by atoms with Gasteiger partial charge in [-0.1, -0.05) is 18.2 Å². The van der Waals surface area contributed by atoms with Crippen molar-refractivity contribution in [1.29, 1.82) is 0 Å². The van der Waals surface area contributed by atoms with E-state index in [1.54, 1.807) is 0 Å². The van der Waals surface area contributed by atoms with Crippen LogP contribution in [0.5, 0.6) is 0 Å². The lowest BCUT2D eigenvalue weighted by Crippen LogP contribution is -2.22. The molecule has 1 unspecified atom stereocenters. The van der Waals surface area contributed by atoms with Crippen molar-refractivity contribution in [1.82, 2.24) is 0 Å². The Morgan fingerprint density at radius 2 is 2.06 bits per heavy atom. The van der Waals surface area contributed by atoms with Crippen LogP contribution in [0.15, 0.2) is 18.2 Å². The minimum atomic E-state index is -0.337. The van der Waals surface area contributed by atoms with Gasteiger partial charge in [0.05, 0.1) is 6.10 Å². The maximum Gasteiger partial charge on any atom is 0.0830 e. The van der Waals surface area contributed by atoms with E-state index in [0.717, 1.165) is 31.6 Å². The van der Waals surface area contributed by atoms with Gasteiger partial charge in [0.15, 0.2) is 0 Å². The molecule has 0 aromatic heterocycles. The van der Waals surface area contributed by atoms with E-state index in [0.29, 0.717) is 5.92 Å². The number of ether oxygens (including phenoxy) is 1. The van der Waals surface area contributed by atoms with Crippen LogP contribution in [0.3, 0.4) is 0 Å². The first-order valence-corrected chi connectivity index (χ1v) is 6.79. The fraction of sp³-hybridized carbons (Fsp3) is 0.538. The SMILES string of the molecule is Cc1cccc(C(O)C2CCOCC2)c1I. The van der Waals surface area contributed by atoms with E-state index in [1.165, 1.54) is 9.13 Å². The molecule has 1 heterocycles. The molecule has 1 aromatic rings. The molecular formula is C13H17IO2. The number of halogens is 1. The maximum atomic E-state index is 10.4. The second-order valence-corrected chi connectivity index (χ2v) is 5.45. The number of aryl methyl sites for hydroxylation is 1. The van der Waals surface area contributed by atoms with Crippen LogP contribution in [0.25, 0.3) is 0 Å². The predicted octanol–water partition coefficient (Wildman–Crippen LogP) is 3.06. The number of hydrogen-bond acceptors (Lipinski definition) is 2. The van der Waals surface area contributed by atoms with Crippen molar-refractivity contribution in [2.75, 3.05) is 13.2 Å². The Morgan fingerprint density at radius 1 is 1.38 bits per heavy atom. The normalized spacial score (nSPS) is 19.7. The molecule has 1 aliphatic rings. The first-order chi connectivity index (χ1) is 7.70. The van der Waals surface area contributed by atoms with Crippen LogP contribution >= 0.6 is 22.6 Å². The first-order valence-electron chi connectivity index (χ1n) is 5.71. The lowest BCUT2D eigenvalue weighted by molar-refractivity contribution is 0.00686. The molecule has 1 aliphatic heterocycles. The minimum Gasteiger partial charge on any atom is -0.388 e. The molecule has 0 radical (unpaired) electrons. The third-order valence-electron chi connectivity index (χ3n) is 3.25. The van der Waals surface area contributed by atoms with Gasteiger partial charge in [-0.15, -0.1) is 0 Å². The largest absolute Gasteiger partial charge is 0.388 e. The van der Waals surface area contributed by atoms with Crippen molar-refractivity contribution >= 4 is 22.6 Å². The molecule has 0 saturated carbocycles. The Labute approximate surface area is 110 Å². The fourth-order valence-corrected chi connectivity index (χ4v) is 2.86. The van der Waals surface area contributed by atoms with E-state index >= 15 is 0 Å². The highest BCUT2D eigenvalue weighted by atomic mass is 127. The van der Waals surface area contributed by atoms with Crippen LogP contribution in [-0.2, 0) is 4.74 Å². The summed E-state index contributed by atoms with van der Waals surface area (Å²) in [5.41, 5.74) is 2.32. The Hall–Kier alpha value is -0.130. The highest BCUT2D eigenvalue weighted by Gasteiger charge is 2.25. The molecule has 3 heteroatoms. The molecule has 1 saturated heterocycles. The van der Waals surface area contributed by atoms with Gasteiger partial charge in [0, 0.05) is 16.8 Å². The molecule has 88 valence electrons. The molecular weight excluding hydrogens is 315 g/mol. The van der Waals surface area contributed by atoms with E-state index in [2.05, 4.69) is 35.6 Å². The molecule has 0 amide bonds. The van der Waals surface area contributed by atoms with E-state index in [9.17, 15) is 5.11 Å². The molecule has 1 N–H and O–H groups in total. The number of aliphatic hydroxyl groups is 1. The number of rotatable bonds is 2. The van der Waals surface area contributed by atoms with Gasteiger partial charge >= 0.3 is 0 Å². The van der Waals surface area contributed by atoms with Gasteiger partial charge in [-0.05, 0) is 59.4 Å². The van der Waals surface area contributed by atoms with Gasteiger partial charge in [-0.3, -0.25) is 0 Å². The Bertz CT molecular complexity index is 359. The van der Waals surface area contributed by atoms with Crippen LogP contribution in [0, 0.1) is 16.4 Å². The molecule has 1 fully saturated rings. The topological polar surface area (TPSA) is 29.5 Å². The van der Waals surface area contributed by atoms with Crippen molar-refractivity contribution in [2.24, 2.45) is 5.92 Å². The van der Waals surface area contributed by atoms with Crippen molar-refractivity contribution in [3.63, 3.8) is 0 Å². The number of aliphatic hydroxyl groups excluding tert-OH is 1. The van der Waals surface area contributed by atoms with Gasteiger partial charge in [0.1, 0.15) is 0 Å². The number of hydrogen-bond donors (Lipinski definition) is 1. The maximum absolute atomic E-state index is 10.4. The van der Waals surface area contributed by atoms with Gasteiger partial charge < -0.3 is 9.84 Å². The third-order valence-corrected chi connectivity index (χ3v) is 4.73. The summed E-state index contributed by atoms with van der Waals surface area (Å²) in [7, 11) is 0. The van der Waals surface area contributed by atoms with Crippen LogP contribution in [0.4, 0.5) is 0 Å². The van der Waals surface area contributed by atoms with Crippen LogP contribution in [-0.4, -0.2) is 18.3 Å². The molecule has 0 spiro atoms. The quantitative estimate of drug-likeness (QED) is 0.844. The van der Waals surface area contributed by atoms with Crippen LogP contribution in [0.2, 0.25) is 0 Å². The summed E-state index contributed by atoms with van der Waals surface area (Å²) in [4.78, 5) is 0. The van der Waals surface area contributed by atoms with Crippen LogP contribution in [0.1, 0.15) is 30.1 Å². The van der Waals surface area contributed by atoms with Gasteiger partial charge in [0.2, 0.25) is 0 Å². The lowest BCUT2D eigenvalue weighted by Gasteiger charge is -2.27. The Balaban J connectivity index is 2.19. The standard InChI is InChI=1S/C13H17IO2/c1-9-3-2-4-11(12(9)14)13(15)10-5-7-16-8-6-10/h2-4,10,13,15H,5-8H2,1H3. The smallest absolute Gasteiger partial charge is 0.0830 e. The average Bonchev–Trinajstić information content (AvgIpc) is 2.33. The zero-order chi connectivity index (χ0) is 11.5. The van der Waals surface area contributed by atoms with Crippen molar-refractivity contribution in [3.05, 3.63) is 32.9 Å². The highest BCUT2D eigenvalue weighted by Crippen LogP contribution is 2.33. The van der Waals surface area contributed by atoms with Gasteiger partial charge in [0.25, 0.3) is 0 Å². The summed E-state index contributed by atoms with van der Waals surface area (Å²) < 4.78 is 6.52. The summed E-state index contributed by atoms with van der Waals surface area (Å²) in [6, 6.07) is 6.15. The van der Waals surface area contributed by atoms with Crippen LogP contribution < -0.4 is 0 Å². The van der Waals surface area contributed by atoms with Crippen molar-refractivity contribution in [2.45, 2.75) is 25.9 Å². The van der Waals surface area contributed by atoms with E-state index in [-0.39, 0.29) is 6.10 Å². The summed E-state index contributed by atoms with van der Waals surface area (Å²) in [5, 5.41) is 10.4. The number of benzene rings is 1. The van der Waals surface area contributed by atoms with Crippen molar-refractivity contribution in [3.8, 4) is 0 Å². The lowest BCUT2D eigenvalue weighted by atomic mass is 9.89. The molecule has 16 heavy (non-hydrogen) atoms. The average molecular weight is 332 g/mol. The second kappa shape index (κ2) is 5.47. The molecule has 2 nitrogen and oxygen atoms in total.